The molecule has 0 spiro atoms. The van der Waals surface area contributed by atoms with Crippen molar-refractivity contribution in [2.75, 3.05) is 11.9 Å². The summed E-state index contributed by atoms with van der Waals surface area (Å²) in [7, 11) is 0. The van der Waals surface area contributed by atoms with Crippen LogP contribution in [0.5, 0.6) is 11.6 Å². The van der Waals surface area contributed by atoms with E-state index in [2.05, 4.69) is 21.7 Å². The molecule has 0 unspecified atom stereocenters. The number of carbonyl (C=O) groups excluding carboxylic acids is 2. The Balaban J connectivity index is 1.88. The molecule has 0 saturated carbocycles. The summed E-state index contributed by atoms with van der Waals surface area (Å²) in [5, 5.41) is 13.9. The van der Waals surface area contributed by atoms with E-state index in [-0.39, 0.29) is 6.54 Å². The van der Waals surface area contributed by atoms with Crippen molar-refractivity contribution in [2.45, 2.75) is 33.3 Å². The van der Waals surface area contributed by atoms with Gasteiger partial charge < -0.3 is 20.1 Å². The molecule has 0 bridgehead atoms. The van der Waals surface area contributed by atoms with E-state index in [0.29, 0.717) is 22.9 Å². The lowest BCUT2D eigenvalue weighted by molar-refractivity contribution is -0.115. The van der Waals surface area contributed by atoms with Crippen LogP contribution in [0.15, 0.2) is 36.5 Å². The van der Waals surface area contributed by atoms with E-state index in [9.17, 15) is 9.59 Å². The maximum absolute atomic E-state index is 11.9. The van der Waals surface area contributed by atoms with E-state index in [0.717, 1.165) is 5.56 Å². The minimum Gasteiger partial charge on any atom is -0.444 e. The summed E-state index contributed by atoms with van der Waals surface area (Å²) >= 11 is 0. The summed E-state index contributed by atoms with van der Waals surface area (Å²) in [5.74, 6) is 0.520. The van der Waals surface area contributed by atoms with Crippen molar-refractivity contribution in [3.63, 3.8) is 0 Å². The first-order chi connectivity index (χ1) is 13.2. The lowest BCUT2D eigenvalue weighted by Gasteiger charge is -2.19. The number of benzene rings is 1. The van der Waals surface area contributed by atoms with Crippen LogP contribution in [0.2, 0.25) is 0 Å². The fourth-order valence-electron chi connectivity index (χ4n) is 2.13. The molecular formula is C20H22N4O4. The molecule has 0 radical (unpaired) electrons. The van der Waals surface area contributed by atoms with Gasteiger partial charge in [0.15, 0.2) is 0 Å². The van der Waals surface area contributed by atoms with Crippen LogP contribution in [0.25, 0.3) is 0 Å². The standard InChI is InChI=1S/C20H22N4O4/c1-13-9-14(10-21)5-7-16(13)27-18-8-6-15(11-22-18)24-17(25)12-23-19(26)28-20(2,3)4/h5-9,11H,12H2,1-4H3,(H,23,26)(H,24,25). The molecule has 2 rings (SSSR count). The highest BCUT2D eigenvalue weighted by Crippen LogP contribution is 2.24. The van der Waals surface area contributed by atoms with Gasteiger partial charge in [0.25, 0.3) is 0 Å². The van der Waals surface area contributed by atoms with Gasteiger partial charge in [-0.15, -0.1) is 0 Å². The van der Waals surface area contributed by atoms with Crippen LogP contribution in [0.1, 0.15) is 31.9 Å². The minimum atomic E-state index is -0.665. The number of nitriles is 1. The van der Waals surface area contributed by atoms with Crippen LogP contribution in [0, 0.1) is 18.3 Å². The fourth-order valence-corrected chi connectivity index (χ4v) is 2.13. The van der Waals surface area contributed by atoms with Crippen LogP contribution < -0.4 is 15.4 Å². The van der Waals surface area contributed by atoms with Gasteiger partial charge in [0, 0.05) is 6.07 Å². The molecule has 2 aromatic rings. The van der Waals surface area contributed by atoms with E-state index in [1.165, 1.54) is 6.20 Å². The monoisotopic (exact) mass is 382 g/mol. The number of aromatic nitrogens is 1. The quantitative estimate of drug-likeness (QED) is 0.818. The van der Waals surface area contributed by atoms with Gasteiger partial charge in [-0.1, -0.05) is 0 Å². The van der Waals surface area contributed by atoms with Crippen molar-refractivity contribution in [3.05, 3.63) is 47.7 Å². The van der Waals surface area contributed by atoms with Gasteiger partial charge in [-0.05, 0) is 57.5 Å². The summed E-state index contributed by atoms with van der Waals surface area (Å²) in [6.45, 7) is 6.82. The molecule has 0 aliphatic rings. The highest BCUT2D eigenvalue weighted by Gasteiger charge is 2.16. The van der Waals surface area contributed by atoms with Crippen LogP contribution in [-0.4, -0.2) is 29.1 Å². The van der Waals surface area contributed by atoms with Crippen LogP contribution in [0.3, 0.4) is 0 Å². The van der Waals surface area contributed by atoms with E-state index in [4.69, 9.17) is 14.7 Å². The van der Waals surface area contributed by atoms with E-state index in [1.54, 1.807) is 51.1 Å². The zero-order valence-electron chi connectivity index (χ0n) is 16.2. The minimum absolute atomic E-state index is 0.225. The molecule has 0 aliphatic carbocycles. The average Bonchev–Trinajstić information content (AvgIpc) is 2.62. The molecule has 0 aliphatic heterocycles. The number of alkyl carbamates (subject to hydrolysis) is 1. The maximum Gasteiger partial charge on any atom is 0.408 e. The maximum atomic E-state index is 11.9. The zero-order valence-corrected chi connectivity index (χ0v) is 16.2. The molecule has 8 nitrogen and oxygen atoms in total. The number of anilines is 1. The Morgan fingerprint density at radius 3 is 2.54 bits per heavy atom. The lowest BCUT2D eigenvalue weighted by Crippen LogP contribution is -2.37. The lowest BCUT2D eigenvalue weighted by atomic mass is 10.1. The van der Waals surface area contributed by atoms with Crippen molar-refractivity contribution >= 4 is 17.7 Å². The topological polar surface area (TPSA) is 113 Å². The number of pyridine rings is 1. The molecule has 0 saturated heterocycles. The van der Waals surface area contributed by atoms with Gasteiger partial charge in [0.2, 0.25) is 11.8 Å². The number of aryl methyl sites for hydroxylation is 1. The Bertz CT molecular complexity index is 896. The van der Waals surface area contributed by atoms with Crippen LogP contribution in [-0.2, 0) is 9.53 Å². The summed E-state index contributed by atoms with van der Waals surface area (Å²) in [4.78, 5) is 27.6. The number of ether oxygens (including phenoxy) is 2. The Kier molecular flexibility index (Phi) is 6.55. The number of hydrogen-bond acceptors (Lipinski definition) is 6. The van der Waals surface area contributed by atoms with Gasteiger partial charge >= 0.3 is 6.09 Å². The van der Waals surface area contributed by atoms with Crippen molar-refractivity contribution in [3.8, 4) is 17.7 Å². The van der Waals surface area contributed by atoms with Crippen LogP contribution >= 0.6 is 0 Å². The second kappa shape index (κ2) is 8.86. The highest BCUT2D eigenvalue weighted by atomic mass is 16.6. The third-order valence-corrected chi connectivity index (χ3v) is 3.33. The fraction of sp³-hybridized carbons (Fsp3) is 0.300. The first-order valence-electron chi connectivity index (χ1n) is 8.57. The molecule has 1 heterocycles. The number of nitrogens with zero attached hydrogens (tertiary/aromatic N) is 2. The number of amides is 2. The SMILES string of the molecule is Cc1cc(C#N)ccc1Oc1ccc(NC(=O)CNC(=O)OC(C)(C)C)cn1. The Morgan fingerprint density at radius 1 is 1.21 bits per heavy atom. The second-order valence-electron chi connectivity index (χ2n) is 6.98. The van der Waals surface area contributed by atoms with E-state index >= 15 is 0 Å². The van der Waals surface area contributed by atoms with E-state index < -0.39 is 17.6 Å². The molecule has 2 N–H and O–H groups in total. The largest absolute Gasteiger partial charge is 0.444 e. The van der Waals surface area contributed by atoms with Gasteiger partial charge in [-0.3, -0.25) is 4.79 Å². The number of rotatable bonds is 5. The summed E-state index contributed by atoms with van der Waals surface area (Å²) in [6, 6.07) is 10.4. The smallest absolute Gasteiger partial charge is 0.408 e. The van der Waals surface area contributed by atoms with Crippen molar-refractivity contribution < 1.29 is 19.1 Å². The first-order valence-corrected chi connectivity index (χ1v) is 8.57. The van der Waals surface area contributed by atoms with Gasteiger partial charge in [0.1, 0.15) is 17.9 Å². The Hall–Kier alpha value is -3.60. The second-order valence-corrected chi connectivity index (χ2v) is 6.98. The predicted molar refractivity (Wildman–Crippen MR) is 103 cm³/mol. The summed E-state index contributed by atoms with van der Waals surface area (Å²) < 4.78 is 10.7. The predicted octanol–water partition coefficient (Wildman–Crippen LogP) is 3.52. The van der Waals surface area contributed by atoms with Gasteiger partial charge in [-0.2, -0.15) is 5.26 Å². The van der Waals surface area contributed by atoms with Crippen molar-refractivity contribution in [1.82, 2.24) is 10.3 Å². The Morgan fingerprint density at radius 2 is 1.96 bits per heavy atom. The normalized spacial score (nSPS) is 10.5. The number of nitrogens with one attached hydrogen (secondary N) is 2. The molecule has 1 aromatic carbocycles. The average molecular weight is 382 g/mol. The molecule has 2 amide bonds. The van der Waals surface area contributed by atoms with Crippen molar-refractivity contribution in [2.24, 2.45) is 0 Å². The van der Waals surface area contributed by atoms with Crippen LogP contribution in [0.4, 0.5) is 10.5 Å². The summed E-state index contributed by atoms with van der Waals surface area (Å²) in [5.41, 5.74) is 1.19. The Labute approximate surface area is 163 Å². The van der Waals surface area contributed by atoms with E-state index in [1.807, 2.05) is 6.92 Å². The molecule has 146 valence electrons. The van der Waals surface area contributed by atoms with Gasteiger partial charge in [0.05, 0.1) is 23.5 Å². The first kappa shape index (κ1) is 20.7. The summed E-state index contributed by atoms with van der Waals surface area (Å²) in [6.07, 6.45) is 0.780. The number of hydrogen-bond donors (Lipinski definition) is 2. The van der Waals surface area contributed by atoms with Crippen molar-refractivity contribution in [1.29, 1.82) is 5.26 Å². The highest BCUT2D eigenvalue weighted by molar-refractivity contribution is 5.93. The third kappa shape index (κ3) is 6.61. The molecule has 0 fully saturated rings. The molecule has 28 heavy (non-hydrogen) atoms. The molecular weight excluding hydrogens is 360 g/mol. The molecule has 0 atom stereocenters. The molecule has 1 aromatic heterocycles. The number of carbonyl (C=O) groups is 2. The third-order valence-electron chi connectivity index (χ3n) is 3.33. The molecule has 8 heteroatoms. The zero-order chi connectivity index (χ0) is 20.7. The van der Waals surface area contributed by atoms with Gasteiger partial charge in [-0.25, -0.2) is 9.78 Å².